The predicted octanol–water partition coefficient (Wildman–Crippen LogP) is 1.40. The predicted molar refractivity (Wildman–Crippen MR) is 107 cm³/mol. The monoisotopic (exact) mass is 409 g/mol. The molecule has 0 aromatic rings. The van der Waals surface area contributed by atoms with Gasteiger partial charge < -0.3 is 20.9 Å². The van der Waals surface area contributed by atoms with E-state index in [4.69, 9.17) is 10.5 Å². The molecule has 4 N–H and O–H groups in total. The summed E-state index contributed by atoms with van der Waals surface area (Å²) in [7, 11) is 0. The topological polar surface area (TPSA) is 122 Å². The second-order valence-corrected chi connectivity index (χ2v) is 10.5. The average Bonchev–Trinajstić information content (AvgIpc) is 2.92. The number of rotatable bonds is 6. The minimum Gasteiger partial charge on any atom is -0.444 e. The Morgan fingerprint density at radius 1 is 1.28 bits per heavy atom. The first kappa shape index (κ1) is 21.9. The van der Waals surface area contributed by atoms with E-state index < -0.39 is 35.8 Å². The summed E-state index contributed by atoms with van der Waals surface area (Å²) in [6, 6.07) is -1.42. The molecule has 2 aliphatic carbocycles. The number of fused-ring (bicyclic) bond motifs is 1. The molecule has 0 aromatic carbocycles. The molecule has 1 aliphatic heterocycles. The van der Waals surface area contributed by atoms with Gasteiger partial charge in [0.2, 0.25) is 11.8 Å². The molecule has 3 aliphatic rings. The molecule has 5 atom stereocenters. The maximum atomic E-state index is 13.3. The number of aliphatic hydroxyl groups is 1. The second kappa shape index (κ2) is 7.45. The Balaban J connectivity index is 1.75. The smallest absolute Gasteiger partial charge is 0.410 e. The third-order valence-electron chi connectivity index (χ3n) is 6.92. The van der Waals surface area contributed by atoms with Crippen LogP contribution in [0.15, 0.2) is 0 Å². The summed E-state index contributed by atoms with van der Waals surface area (Å²) >= 11 is 0. The molecule has 3 amide bonds. The van der Waals surface area contributed by atoms with Crippen LogP contribution < -0.4 is 11.1 Å². The lowest BCUT2D eigenvalue weighted by atomic mass is 9.79. The van der Waals surface area contributed by atoms with Gasteiger partial charge in [-0.15, -0.1) is 0 Å². The van der Waals surface area contributed by atoms with Gasteiger partial charge in [0.15, 0.2) is 6.10 Å². The quantitative estimate of drug-likeness (QED) is 0.612. The summed E-state index contributed by atoms with van der Waals surface area (Å²) < 4.78 is 5.50. The molecule has 164 valence electrons. The summed E-state index contributed by atoms with van der Waals surface area (Å²) in [4.78, 5) is 39.0. The van der Waals surface area contributed by atoms with Crippen molar-refractivity contribution < 1.29 is 24.2 Å². The van der Waals surface area contributed by atoms with Crippen molar-refractivity contribution in [1.29, 1.82) is 0 Å². The minimum absolute atomic E-state index is 0.0325. The Morgan fingerprint density at radius 2 is 1.90 bits per heavy atom. The lowest BCUT2D eigenvalue weighted by Gasteiger charge is -2.35. The van der Waals surface area contributed by atoms with Gasteiger partial charge in [-0.25, -0.2) is 4.79 Å². The summed E-state index contributed by atoms with van der Waals surface area (Å²) in [5.74, 6) is -0.569. The van der Waals surface area contributed by atoms with Gasteiger partial charge in [-0.3, -0.25) is 14.5 Å². The van der Waals surface area contributed by atoms with Crippen molar-refractivity contribution in [2.24, 2.45) is 28.9 Å². The molecule has 0 spiro atoms. The Morgan fingerprint density at radius 3 is 2.38 bits per heavy atom. The molecule has 8 heteroatoms. The van der Waals surface area contributed by atoms with E-state index in [2.05, 4.69) is 19.2 Å². The number of nitrogens with one attached hydrogen (secondary N) is 1. The van der Waals surface area contributed by atoms with Crippen LogP contribution in [0.1, 0.15) is 60.3 Å². The highest BCUT2D eigenvalue weighted by molar-refractivity contribution is 5.89. The molecule has 0 bridgehead atoms. The van der Waals surface area contributed by atoms with Crippen molar-refractivity contribution in [2.75, 3.05) is 6.54 Å². The number of primary amides is 1. The van der Waals surface area contributed by atoms with Crippen LogP contribution in [0.4, 0.5) is 4.79 Å². The molecule has 0 radical (unpaired) electrons. The Kier molecular flexibility index (Phi) is 5.62. The van der Waals surface area contributed by atoms with Crippen LogP contribution in [-0.2, 0) is 14.3 Å². The minimum atomic E-state index is -1.45. The van der Waals surface area contributed by atoms with Crippen LogP contribution in [0.2, 0.25) is 0 Å². The van der Waals surface area contributed by atoms with Gasteiger partial charge in [-0.2, -0.15) is 0 Å². The van der Waals surface area contributed by atoms with E-state index in [0.717, 1.165) is 19.3 Å². The fourth-order valence-electron chi connectivity index (χ4n) is 4.92. The number of nitrogens with two attached hydrogens (primary N) is 1. The number of nitrogens with zero attached hydrogens (tertiary/aromatic N) is 1. The maximum Gasteiger partial charge on any atom is 0.410 e. The molecule has 0 aromatic heterocycles. The largest absolute Gasteiger partial charge is 0.444 e. The number of carbonyl (C=O) groups excluding carboxylic acids is 3. The Hall–Kier alpha value is -1.83. The van der Waals surface area contributed by atoms with Gasteiger partial charge in [0.25, 0.3) is 0 Å². The summed E-state index contributed by atoms with van der Waals surface area (Å²) in [6.45, 7) is 10.0. The van der Waals surface area contributed by atoms with Crippen LogP contribution in [0.25, 0.3) is 0 Å². The molecular formula is C21H35N3O5. The average molecular weight is 410 g/mol. The standard InChI is InChI=1S/C21H35N3O5/c1-20(2,3)29-19(28)24-10-12-14(21(12,4)5)15(24)18(27)23-13(16(25)17(22)26)9-11-7-6-8-11/h11-16,25H,6-10H2,1-5H3,(H2,22,26)(H,23,27). The first-order valence-electron chi connectivity index (χ1n) is 10.6. The fourth-order valence-corrected chi connectivity index (χ4v) is 4.92. The van der Waals surface area contributed by atoms with Crippen molar-refractivity contribution in [3.8, 4) is 0 Å². The van der Waals surface area contributed by atoms with Crippen LogP contribution in [0, 0.1) is 23.2 Å². The Bertz CT molecular complexity index is 682. The van der Waals surface area contributed by atoms with Crippen molar-refractivity contribution in [1.82, 2.24) is 10.2 Å². The zero-order valence-corrected chi connectivity index (χ0v) is 18.1. The third kappa shape index (κ3) is 4.37. The normalized spacial score (nSPS) is 30.0. The van der Waals surface area contributed by atoms with E-state index in [-0.39, 0.29) is 23.2 Å². The molecule has 3 rings (SSSR count). The lowest BCUT2D eigenvalue weighted by Crippen LogP contribution is -2.57. The van der Waals surface area contributed by atoms with Gasteiger partial charge >= 0.3 is 6.09 Å². The first-order chi connectivity index (χ1) is 13.3. The molecule has 1 saturated heterocycles. The number of likely N-dealkylation sites (tertiary alicyclic amines) is 1. The van der Waals surface area contributed by atoms with Gasteiger partial charge in [-0.05, 0) is 50.4 Å². The lowest BCUT2D eigenvalue weighted by molar-refractivity contribution is -0.132. The van der Waals surface area contributed by atoms with E-state index in [1.54, 1.807) is 20.8 Å². The highest BCUT2D eigenvalue weighted by Crippen LogP contribution is 2.65. The summed E-state index contributed by atoms with van der Waals surface area (Å²) in [6.07, 6.45) is 1.70. The van der Waals surface area contributed by atoms with E-state index in [1.807, 2.05) is 0 Å². The number of carbonyl (C=O) groups is 3. The van der Waals surface area contributed by atoms with Crippen molar-refractivity contribution in [3.05, 3.63) is 0 Å². The van der Waals surface area contributed by atoms with Crippen LogP contribution in [0.5, 0.6) is 0 Å². The molecule has 1 heterocycles. The summed E-state index contributed by atoms with van der Waals surface area (Å²) in [5, 5.41) is 13.1. The van der Waals surface area contributed by atoms with Gasteiger partial charge in [0, 0.05) is 6.54 Å². The first-order valence-corrected chi connectivity index (χ1v) is 10.6. The molecule has 2 saturated carbocycles. The molecule has 8 nitrogen and oxygen atoms in total. The van der Waals surface area contributed by atoms with E-state index in [1.165, 1.54) is 4.90 Å². The van der Waals surface area contributed by atoms with Crippen molar-refractivity contribution in [2.45, 2.75) is 84.1 Å². The maximum absolute atomic E-state index is 13.3. The number of aliphatic hydroxyl groups excluding tert-OH is 1. The van der Waals surface area contributed by atoms with E-state index in [9.17, 15) is 19.5 Å². The van der Waals surface area contributed by atoms with Gasteiger partial charge in [0.05, 0.1) is 6.04 Å². The summed E-state index contributed by atoms with van der Waals surface area (Å²) in [5.41, 5.74) is 4.61. The van der Waals surface area contributed by atoms with Crippen LogP contribution in [0.3, 0.4) is 0 Å². The molecule has 29 heavy (non-hydrogen) atoms. The zero-order valence-electron chi connectivity index (χ0n) is 18.1. The molecule has 5 unspecified atom stereocenters. The SMILES string of the molecule is CC(C)(C)OC(=O)N1CC2C(C1C(=O)NC(CC1CCC1)C(O)C(N)=O)C2(C)C. The number of hydrogen-bond acceptors (Lipinski definition) is 5. The van der Waals surface area contributed by atoms with Crippen LogP contribution in [-0.4, -0.2) is 58.2 Å². The van der Waals surface area contributed by atoms with E-state index in [0.29, 0.717) is 18.9 Å². The number of ether oxygens (including phenoxy) is 1. The molecule has 3 fully saturated rings. The second-order valence-electron chi connectivity index (χ2n) is 10.5. The highest BCUT2D eigenvalue weighted by atomic mass is 16.6. The number of amides is 3. The van der Waals surface area contributed by atoms with Gasteiger partial charge in [-0.1, -0.05) is 33.1 Å². The van der Waals surface area contributed by atoms with Crippen LogP contribution >= 0.6 is 0 Å². The molecular weight excluding hydrogens is 374 g/mol. The van der Waals surface area contributed by atoms with Crippen molar-refractivity contribution >= 4 is 17.9 Å². The van der Waals surface area contributed by atoms with Crippen molar-refractivity contribution in [3.63, 3.8) is 0 Å². The van der Waals surface area contributed by atoms with E-state index >= 15 is 0 Å². The van der Waals surface area contributed by atoms with Gasteiger partial charge in [0.1, 0.15) is 11.6 Å². The Labute approximate surface area is 172 Å². The third-order valence-corrected chi connectivity index (χ3v) is 6.92. The number of piperidine rings is 1. The highest BCUT2D eigenvalue weighted by Gasteiger charge is 2.69. The zero-order chi connectivity index (χ0) is 21.7. The number of hydrogen-bond donors (Lipinski definition) is 3. The fraction of sp³-hybridized carbons (Fsp3) is 0.857.